The molecule has 1 unspecified atom stereocenters. The van der Waals surface area contributed by atoms with E-state index in [2.05, 4.69) is 62.6 Å². The summed E-state index contributed by atoms with van der Waals surface area (Å²) in [6, 6.07) is 29.4. The van der Waals surface area contributed by atoms with Crippen LogP contribution in [0, 0.1) is 5.82 Å². The van der Waals surface area contributed by atoms with E-state index in [1.807, 2.05) is 36.5 Å². The molecule has 220 valence electrons. The lowest BCUT2D eigenvalue weighted by atomic mass is 9.93. The average Bonchev–Trinajstić information content (AvgIpc) is 3.42. The van der Waals surface area contributed by atoms with Gasteiger partial charge in [-0.1, -0.05) is 60.1 Å². The molecule has 0 amide bonds. The highest BCUT2D eigenvalue weighted by Crippen LogP contribution is 2.33. The Balaban J connectivity index is 1.05. The van der Waals surface area contributed by atoms with Crippen LogP contribution in [-0.4, -0.2) is 37.9 Å². The van der Waals surface area contributed by atoms with Gasteiger partial charge in [0.15, 0.2) is 0 Å². The number of halogens is 2. The second kappa shape index (κ2) is 12.6. The predicted molar refractivity (Wildman–Crippen MR) is 176 cm³/mol. The molecule has 8 heteroatoms. The van der Waals surface area contributed by atoms with Crippen molar-refractivity contribution in [2.45, 2.75) is 31.7 Å². The quantitative estimate of drug-likeness (QED) is 0.191. The van der Waals surface area contributed by atoms with Crippen molar-refractivity contribution in [1.29, 1.82) is 0 Å². The van der Waals surface area contributed by atoms with E-state index < -0.39 is 0 Å². The van der Waals surface area contributed by atoms with Gasteiger partial charge in [-0.2, -0.15) is 0 Å². The molecule has 7 rings (SSSR count). The Kier molecular flexibility index (Phi) is 8.05. The molecule has 3 aromatic carbocycles. The van der Waals surface area contributed by atoms with Crippen molar-refractivity contribution in [3.63, 3.8) is 0 Å². The summed E-state index contributed by atoms with van der Waals surface area (Å²) in [6.07, 6.45) is 7.07. The Hall–Kier alpha value is -4.59. The number of H-pyrrole nitrogens is 1. The van der Waals surface area contributed by atoms with E-state index in [-0.39, 0.29) is 5.82 Å². The standard InChI is InChI=1S/C36H32ClFN6/c37-28-11-13-31(38)30(19-28)35-36(41-23-40-35)32-14-9-26-8-12-29(20-33(26)43-32)42-34-15-10-27(21-39-34)25-7-4-17-44(18-16-25)22-24-5-2-1-3-6-24/h1-3,5-6,8-15,19-21,23,25H,4,7,16-18,22H2,(H,39,42)(H,40,41). The maximum absolute atomic E-state index is 14.6. The number of rotatable bonds is 7. The van der Waals surface area contributed by atoms with E-state index in [4.69, 9.17) is 21.6 Å². The number of nitrogens with one attached hydrogen (secondary N) is 2. The third-order valence-corrected chi connectivity index (χ3v) is 8.61. The number of likely N-dealkylation sites (tertiary alicyclic amines) is 1. The summed E-state index contributed by atoms with van der Waals surface area (Å²) in [6.45, 7) is 3.24. The Labute approximate surface area is 261 Å². The molecule has 6 nitrogen and oxygen atoms in total. The van der Waals surface area contributed by atoms with Gasteiger partial charge in [-0.05, 0) is 91.9 Å². The molecule has 0 radical (unpaired) electrons. The summed E-state index contributed by atoms with van der Waals surface area (Å²) in [4.78, 5) is 19.7. The smallest absolute Gasteiger partial charge is 0.132 e. The topological polar surface area (TPSA) is 69.7 Å². The first-order valence-corrected chi connectivity index (χ1v) is 15.4. The minimum atomic E-state index is -0.380. The Morgan fingerprint density at radius 1 is 0.909 bits per heavy atom. The summed E-state index contributed by atoms with van der Waals surface area (Å²) >= 11 is 6.15. The third-order valence-electron chi connectivity index (χ3n) is 8.37. The highest BCUT2D eigenvalue weighted by atomic mass is 35.5. The summed E-state index contributed by atoms with van der Waals surface area (Å²) in [7, 11) is 0. The van der Waals surface area contributed by atoms with Gasteiger partial charge in [0.2, 0.25) is 0 Å². The molecule has 1 aliphatic heterocycles. The highest BCUT2D eigenvalue weighted by molar-refractivity contribution is 6.30. The molecule has 0 spiro atoms. The van der Waals surface area contributed by atoms with Gasteiger partial charge < -0.3 is 10.3 Å². The third kappa shape index (κ3) is 6.20. The van der Waals surface area contributed by atoms with Gasteiger partial charge in [0, 0.05) is 34.4 Å². The van der Waals surface area contributed by atoms with Crippen molar-refractivity contribution in [3.8, 4) is 22.6 Å². The van der Waals surface area contributed by atoms with Crippen molar-refractivity contribution >= 4 is 34.0 Å². The van der Waals surface area contributed by atoms with Crippen molar-refractivity contribution in [2.24, 2.45) is 0 Å². The molecule has 1 fully saturated rings. The van der Waals surface area contributed by atoms with Gasteiger partial charge in [-0.15, -0.1) is 0 Å². The molecule has 1 atom stereocenters. The number of hydrogen-bond acceptors (Lipinski definition) is 5. The largest absolute Gasteiger partial charge is 0.344 e. The number of aromatic amines is 1. The van der Waals surface area contributed by atoms with Crippen molar-refractivity contribution < 1.29 is 4.39 Å². The van der Waals surface area contributed by atoms with Crippen LogP contribution >= 0.6 is 11.6 Å². The number of pyridine rings is 2. The normalized spacial score (nSPS) is 15.7. The molecule has 1 aliphatic rings. The Morgan fingerprint density at radius 3 is 2.66 bits per heavy atom. The molecule has 3 aromatic heterocycles. The van der Waals surface area contributed by atoms with Gasteiger partial charge >= 0.3 is 0 Å². The Morgan fingerprint density at radius 2 is 1.80 bits per heavy atom. The molecule has 1 saturated heterocycles. The summed E-state index contributed by atoms with van der Waals surface area (Å²) in [5, 5.41) is 4.87. The molecule has 44 heavy (non-hydrogen) atoms. The summed E-state index contributed by atoms with van der Waals surface area (Å²) < 4.78 is 14.6. The van der Waals surface area contributed by atoms with E-state index >= 15 is 0 Å². The van der Waals surface area contributed by atoms with Crippen LogP contribution in [0.1, 0.15) is 36.3 Å². The molecule has 6 aromatic rings. The monoisotopic (exact) mass is 602 g/mol. The van der Waals surface area contributed by atoms with E-state index in [9.17, 15) is 4.39 Å². The fourth-order valence-electron chi connectivity index (χ4n) is 6.07. The van der Waals surface area contributed by atoms with Crippen LogP contribution in [-0.2, 0) is 6.54 Å². The number of aromatic nitrogens is 4. The van der Waals surface area contributed by atoms with E-state index in [0.29, 0.717) is 33.6 Å². The number of anilines is 2. The SMILES string of the molecule is Fc1ccc(Cl)cc1-c1[nH]cnc1-c1ccc2ccc(Nc3ccc(C4CCCN(Cc5ccccc5)CC4)cn3)cc2n1. The van der Waals surface area contributed by atoms with Gasteiger partial charge in [0.25, 0.3) is 0 Å². The zero-order chi connectivity index (χ0) is 29.9. The first-order chi connectivity index (χ1) is 21.6. The second-order valence-electron chi connectivity index (χ2n) is 11.3. The van der Waals surface area contributed by atoms with Crippen LogP contribution in [0.3, 0.4) is 0 Å². The van der Waals surface area contributed by atoms with Crippen LogP contribution < -0.4 is 5.32 Å². The minimum Gasteiger partial charge on any atom is -0.344 e. The van der Waals surface area contributed by atoms with E-state index in [1.54, 1.807) is 12.4 Å². The maximum atomic E-state index is 14.6. The molecule has 4 heterocycles. The van der Waals surface area contributed by atoms with Gasteiger partial charge in [-0.3, -0.25) is 4.90 Å². The van der Waals surface area contributed by atoms with Gasteiger partial charge in [0.1, 0.15) is 17.3 Å². The van der Waals surface area contributed by atoms with Crippen LogP contribution in [0.4, 0.5) is 15.9 Å². The lowest BCUT2D eigenvalue weighted by Gasteiger charge is -2.20. The summed E-state index contributed by atoms with van der Waals surface area (Å²) in [5.41, 5.74) is 6.44. The first-order valence-electron chi connectivity index (χ1n) is 15.0. The van der Waals surface area contributed by atoms with Gasteiger partial charge in [0.05, 0.1) is 23.2 Å². The zero-order valence-corrected chi connectivity index (χ0v) is 24.9. The van der Waals surface area contributed by atoms with Crippen LogP contribution in [0.5, 0.6) is 0 Å². The molecule has 0 aliphatic carbocycles. The number of nitrogens with zero attached hydrogens (tertiary/aromatic N) is 4. The molecule has 0 bridgehead atoms. The van der Waals surface area contributed by atoms with Crippen molar-refractivity contribution in [3.05, 3.63) is 125 Å². The second-order valence-corrected chi connectivity index (χ2v) is 11.8. The van der Waals surface area contributed by atoms with Crippen LogP contribution in [0.25, 0.3) is 33.5 Å². The number of hydrogen-bond donors (Lipinski definition) is 2. The molecular formula is C36H32ClFN6. The first kappa shape index (κ1) is 28.2. The predicted octanol–water partition coefficient (Wildman–Crippen LogP) is 8.99. The molecule has 2 N–H and O–H groups in total. The summed E-state index contributed by atoms with van der Waals surface area (Å²) in [5.74, 6) is 0.928. The zero-order valence-electron chi connectivity index (χ0n) is 24.2. The van der Waals surface area contributed by atoms with Crippen LogP contribution in [0.15, 0.2) is 104 Å². The molecule has 0 saturated carbocycles. The minimum absolute atomic E-state index is 0.352. The average molecular weight is 603 g/mol. The highest BCUT2D eigenvalue weighted by Gasteiger charge is 2.19. The maximum Gasteiger partial charge on any atom is 0.132 e. The fraction of sp³-hybridized carbons (Fsp3) is 0.194. The van der Waals surface area contributed by atoms with E-state index in [0.717, 1.165) is 48.5 Å². The van der Waals surface area contributed by atoms with Crippen LogP contribution in [0.2, 0.25) is 5.02 Å². The van der Waals surface area contributed by atoms with Crippen molar-refractivity contribution in [2.75, 3.05) is 18.4 Å². The van der Waals surface area contributed by atoms with Crippen molar-refractivity contribution in [1.82, 2.24) is 24.8 Å². The number of benzene rings is 3. The number of imidazole rings is 1. The molecular weight excluding hydrogens is 571 g/mol. The lowest BCUT2D eigenvalue weighted by molar-refractivity contribution is 0.275. The number of fused-ring (bicyclic) bond motifs is 1. The fourth-order valence-corrected chi connectivity index (χ4v) is 6.24. The lowest BCUT2D eigenvalue weighted by Crippen LogP contribution is -2.24. The Bertz CT molecular complexity index is 1890. The van der Waals surface area contributed by atoms with E-state index in [1.165, 1.54) is 36.1 Å². The van der Waals surface area contributed by atoms with Gasteiger partial charge in [-0.25, -0.2) is 19.3 Å².